The summed E-state index contributed by atoms with van der Waals surface area (Å²) >= 11 is 0. The van der Waals surface area contributed by atoms with Crippen molar-refractivity contribution in [3.63, 3.8) is 0 Å². The summed E-state index contributed by atoms with van der Waals surface area (Å²) in [6.45, 7) is 33.8. The molecule has 2 aromatic carbocycles. The van der Waals surface area contributed by atoms with Gasteiger partial charge in [-0.3, -0.25) is 9.80 Å². The van der Waals surface area contributed by atoms with Crippen LogP contribution in [0.2, 0.25) is 36.3 Å². The second-order valence-corrected chi connectivity index (χ2v) is 30.3. The first-order chi connectivity index (χ1) is 28.2. The van der Waals surface area contributed by atoms with Crippen LogP contribution in [0.25, 0.3) is 0 Å². The quantitative estimate of drug-likeness (QED) is 0.0736. The van der Waals surface area contributed by atoms with Gasteiger partial charge in [0.2, 0.25) is 0 Å². The Labute approximate surface area is 365 Å². The van der Waals surface area contributed by atoms with Gasteiger partial charge < -0.3 is 29.3 Å². The summed E-state index contributed by atoms with van der Waals surface area (Å²) in [6, 6.07) is 10.4. The van der Waals surface area contributed by atoms with E-state index in [0.717, 1.165) is 11.1 Å². The molecular formula is C46H75N5O7Si2. The molecule has 0 unspecified atom stereocenters. The van der Waals surface area contributed by atoms with Gasteiger partial charge in [-0.25, -0.2) is 9.59 Å². The highest BCUT2D eigenvalue weighted by molar-refractivity contribution is 6.74. The first-order valence-corrected chi connectivity index (χ1v) is 26.9. The van der Waals surface area contributed by atoms with Crippen LogP contribution in [0.15, 0.2) is 41.6 Å². The summed E-state index contributed by atoms with van der Waals surface area (Å²) in [4.78, 5) is 29.3. The van der Waals surface area contributed by atoms with E-state index in [2.05, 4.69) is 79.0 Å². The fourth-order valence-electron chi connectivity index (χ4n) is 6.49. The van der Waals surface area contributed by atoms with Crippen LogP contribution in [0.3, 0.4) is 0 Å². The molecule has 4 rings (SSSR count). The van der Waals surface area contributed by atoms with Crippen LogP contribution in [0.5, 0.6) is 0 Å². The second-order valence-electron chi connectivity index (χ2n) is 20.6. The number of carbonyl (C=O) groups is 2. The molecule has 334 valence electrons. The summed E-state index contributed by atoms with van der Waals surface area (Å²) in [5, 5.41) is 21.8. The number of oxime groups is 1. The molecule has 0 aliphatic heterocycles. The maximum absolute atomic E-state index is 13.2. The summed E-state index contributed by atoms with van der Waals surface area (Å²) in [7, 11) is -4.00. The molecule has 60 heavy (non-hydrogen) atoms. The lowest BCUT2D eigenvalue weighted by molar-refractivity contribution is 0.0116. The summed E-state index contributed by atoms with van der Waals surface area (Å²) in [5.41, 5.74) is 8.71. The molecule has 2 aromatic rings. The predicted octanol–water partition coefficient (Wildman–Crippen LogP) is 10.8. The number of nitriles is 1. The summed E-state index contributed by atoms with van der Waals surface area (Å²) < 4.78 is 42.5. The Hall–Kier alpha value is -3.91. The molecule has 0 fully saturated rings. The molecule has 12 nitrogen and oxygen atoms in total. The Morgan fingerprint density at radius 2 is 1.17 bits per heavy atom. The number of carbonyl (C=O) groups excluding carboxylic acids is 2. The van der Waals surface area contributed by atoms with E-state index in [-0.39, 0.29) is 29.0 Å². The van der Waals surface area contributed by atoms with Gasteiger partial charge in [0, 0.05) is 18.7 Å². The topological polar surface area (TPSA) is 160 Å². The summed E-state index contributed by atoms with van der Waals surface area (Å²) in [5.74, 6) is -0.00354. The van der Waals surface area contributed by atoms with E-state index >= 15 is 0 Å². The number of amides is 2. The fraction of sp³-hybridized carbons (Fsp3) is 0.652. The van der Waals surface area contributed by atoms with Gasteiger partial charge in [0.25, 0.3) is 0 Å². The fourth-order valence-corrected chi connectivity index (χ4v) is 8.56. The lowest BCUT2D eigenvalue weighted by Gasteiger charge is -2.38. The predicted molar refractivity (Wildman–Crippen MR) is 244 cm³/mol. The first kappa shape index (κ1) is 47.1. The second kappa shape index (κ2) is 19.4. The van der Waals surface area contributed by atoms with Crippen LogP contribution in [0.1, 0.15) is 144 Å². The van der Waals surface area contributed by atoms with Crippen LogP contribution in [-0.4, -0.2) is 87.2 Å². The maximum Gasteiger partial charge on any atom is 0.410 e. The third kappa shape index (κ3) is 13.1. The molecule has 0 spiro atoms. The average Bonchev–Trinajstić information content (AvgIpc) is 3.66. The van der Waals surface area contributed by atoms with Gasteiger partial charge in [0.05, 0.1) is 39.6 Å². The molecular weight excluding hydrogens is 791 g/mol. The number of nitrogens with zero attached hydrogens (tertiary/aromatic N) is 4. The minimum atomic E-state index is -2.02. The molecule has 2 aliphatic rings. The highest BCUT2D eigenvalue weighted by Crippen LogP contribution is 2.41. The van der Waals surface area contributed by atoms with Crippen molar-refractivity contribution in [2.45, 2.75) is 168 Å². The van der Waals surface area contributed by atoms with Crippen molar-refractivity contribution in [3.05, 3.63) is 69.8 Å². The highest BCUT2D eigenvalue weighted by Gasteiger charge is 2.41. The number of amidine groups is 1. The molecule has 2 aliphatic carbocycles. The molecule has 0 saturated heterocycles. The van der Waals surface area contributed by atoms with Crippen LogP contribution >= 0.6 is 0 Å². The highest BCUT2D eigenvalue weighted by atomic mass is 28.4. The monoisotopic (exact) mass is 868 g/mol. The zero-order valence-corrected chi connectivity index (χ0v) is 41.4. The zero-order chi connectivity index (χ0) is 47.5. The molecule has 2 amide bonds. The molecule has 0 heterocycles. The lowest BCUT2D eigenvalue weighted by Crippen LogP contribution is -2.45. The van der Waals surface area contributed by atoms with Gasteiger partial charge in [-0.2, -0.15) is 5.26 Å². The van der Waals surface area contributed by atoms with E-state index in [1.807, 2.05) is 53.7 Å². The third-order valence-corrected chi connectivity index (χ3v) is 20.8. The van der Waals surface area contributed by atoms with Gasteiger partial charge in [-0.05, 0) is 132 Å². The minimum Gasteiger partial charge on any atom is -0.444 e. The Balaban J connectivity index is 0.000000331. The van der Waals surface area contributed by atoms with E-state index in [0.29, 0.717) is 61.2 Å². The standard InChI is InChI=1S/C23H39N3O4Si.C23H36N2O3Si/c1-22(2,3)30-21(27)26(14-15-29-31(7,8)23(4,5)6)19-13-12-16-17(19)10-9-11-18(16)20(24)25-28;1-22(2,3)28-21(26)25(14-15-27-29(7,8)23(4,5)6)20-13-12-18-17(16-24)10-9-11-19(18)20/h9-11,19,28H,12-15H2,1-8H3,(H2,24,25);9-11,20H,12-15H2,1-8H3/t19-;20-/m00/s1/i19D;20D. The van der Waals surface area contributed by atoms with Crippen molar-refractivity contribution in [2.24, 2.45) is 10.9 Å². The Morgan fingerprint density at radius 1 is 0.767 bits per heavy atom. The van der Waals surface area contributed by atoms with Crippen LogP contribution in [0.4, 0.5) is 9.59 Å². The lowest BCUT2D eigenvalue weighted by atomic mass is 10.0. The van der Waals surface area contributed by atoms with E-state index in [9.17, 15) is 17.6 Å². The van der Waals surface area contributed by atoms with E-state index in [1.54, 1.807) is 24.3 Å². The molecule has 0 saturated carbocycles. The minimum absolute atomic E-state index is 0.00354. The van der Waals surface area contributed by atoms with Gasteiger partial charge in [-0.15, -0.1) is 0 Å². The van der Waals surface area contributed by atoms with Crippen LogP contribution in [-0.2, 0) is 31.2 Å². The molecule has 0 bridgehead atoms. The van der Waals surface area contributed by atoms with E-state index < -0.39 is 52.1 Å². The third-order valence-electron chi connectivity index (χ3n) is 11.7. The van der Waals surface area contributed by atoms with E-state index in [1.165, 1.54) is 9.80 Å². The van der Waals surface area contributed by atoms with Crippen molar-refractivity contribution in [1.29, 1.82) is 5.26 Å². The average molecular weight is 868 g/mol. The number of hydrogen-bond donors (Lipinski definition) is 2. The summed E-state index contributed by atoms with van der Waals surface area (Å²) in [6.07, 6.45) is 0.871. The van der Waals surface area contributed by atoms with Gasteiger partial charge in [0.15, 0.2) is 22.5 Å². The van der Waals surface area contributed by atoms with Crippen molar-refractivity contribution in [1.82, 2.24) is 9.80 Å². The van der Waals surface area contributed by atoms with Gasteiger partial charge >= 0.3 is 12.2 Å². The first-order valence-electron chi connectivity index (χ1n) is 22.1. The van der Waals surface area contributed by atoms with Crippen LogP contribution in [0, 0.1) is 11.3 Å². The Bertz CT molecular complexity index is 2000. The Kier molecular flexibility index (Phi) is 15.3. The number of fused-ring (bicyclic) bond motifs is 2. The number of ether oxygens (including phenoxy) is 2. The normalized spacial score (nSPS) is 20.1. The Morgan fingerprint density at radius 3 is 1.55 bits per heavy atom. The molecule has 0 aromatic heterocycles. The smallest absolute Gasteiger partial charge is 0.410 e. The van der Waals surface area contributed by atoms with E-state index in [4.69, 9.17) is 29.3 Å². The number of rotatable bonds is 11. The zero-order valence-electron chi connectivity index (χ0n) is 41.4. The number of benzene rings is 2. The van der Waals surface area contributed by atoms with Gasteiger partial charge in [0.1, 0.15) is 11.2 Å². The number of nitrogens with two attached hydrogens (primary N) is 1. The molecule has 0 radical (unpaired) electrons. The molecule has 3 N–H and O–H groups in total. The maximum atomic E-state index is 13.2. The molecule has 14 heteroatoms. The molecule has 2 atom stereocenters. The largest absolute Gasteiger partial charge is 0.444 e. The SMILES string of the molecule is [2H][C@]1(N(CCO[Si](C)(C)C(C)(C)C)C(=O)OC(C)(C)C)CCc2c(/C(N)=N\O)cccc21.[2H][C@]1(N(CCO[Si](C)(C)C(C)(C)C)C(=O)OC(C)(C)C)CCc2c(C#N)cccc21. The van der Waals surface area contributed by atoms with Crippen LogP contribution < -0.4 is 5.73 Å². The van der Waals surface area contributed by atoms with Crippen molar-refractivity contribution >= 4 is 34.7 Å². The van der Waals surface area contributed by atoms with Gasteiger partial charge in [-0.1, -0.05) is 77.0 Å². The van der Waals surface area contributed by atoms with Crippen molar-refractivity contribution in [3.8, 4) is 6.07 Å². The number of hydrogen-bond acceptors (Lipinski definition) is 9. The van der Waals surface area contributed by atoms with Crippen molar-refractivity contribution < 1.29 is 35.9 Å². The van der Waals surface area contributed by atoms with Crippen molar-refractivity contribution in [2.75, 3.05) is 26.3 Å².